The summed E-state index contributed by atoms with van der Waals surface area (Å²) in [5, 5.41) is 3.97. The molecular weight excluding hydrogens is 454 g/mol. The largest absolute Gasteiger partial charge is 0.378 e. The highest BCUT2D eigenvalue weighted by atomic mass is 16.5. The molecule has 1 N–H and O–H groups in total. The highest BCUT2D eigenvalue weighted by molar-refractivity contribution is 5.92. The Labute approximate surface area is 212 Å². The highest BCUT2D eigenvalue weighted by Crippen LogP contribution is 2.39. The number of rotatable bonds is 6. The number of piperidine rings is 1. The molecule has 5 heterocycles. The van der Waals surface area contributed by atoms with Crippen molar-refractivity contribution in [3.8, 4) is 5.82 Å². The molecule has 6 rings (SSSR count). The third kappa shape index (κ3) is 4.31. The summed E-state index contributed by atoms with van der Waals surface area (Å²) in [5.74, 6) is 1.75. The smallest absolute Gasteiger partial charge is 0.222 e. The molecule has 1 saturated carbocycles. The number of anilines is 1. The second-order valence-corrected chi connectivity index (χ2v) is 10.7. The van der Waals surface area contributed by atoms with Crippen molar-refractivity contribution < 1.29 is 14.3 Å². The van der Waals surface area contributed by atoms with E-state index in [1.165, 1.54) is 25.3 Å². The van der Waals surface area contributed by atoms with Crippen LogP contribution in [0.25, 0.3) is 16.7 Å². The molecule has 0 aromatic carbocycles. The number of hydrogen-bond donors (Lipinski definition) is 1. The summed E-state index contributed by atoms with van der Waals surface area (Å²) in [7, 11) is 1.74. The van der Waals surface area contributed by atoms with Crippen LogP contribution in [0.5, 0.6) is 0 Å². The zero-order chi connectivity index (χ0) is 24.9. The van der Waals surface area contributed by atoms with Gasteiger partial charge in [-0.2, -0.15) is 0 Å². The van der Waals surface area contributed by atoms with Crippen LogP contribution in [0, 0.1) is 6.92 Å². The molecule has 190 valence electrons. The van der Waals surface area contributed by atoms with Gasteiger partial charge in [-0.15, -0.1) is 0 Å². The number of amides is 1. The van der Waals surface area contributed by atoms with Gasteiger partial charge in [0.2, 0.25) is 5.91 Å². The van der Waals surface area contributed by atoms with Crippen molar-refractivity contribution in [2.45, 2.75) is 63.5 Å². The minimum atomic E-state index is -0.523. The molecule has 2 saturated heterocycles. The van der Waals surface area contributed by atoms with Crippen molar-refractivity contribution in [1.29, 1.82) is 0 Å². The fourth-order valence-electron chi connectivity index (χ4n) is 5.94. The number of aromatic nitrogens is 3. The number of likely N-dealkylation sites (tertiary alicyclic amines) is 1. The summed E-state index contributed by atoms with van der Waals surface area (Å²) in [6, 6.07) is 7.00. The van der Waals surface area contributed by atoms with Gasteiger partial charge in [-0.1, -0.05) is 0 Å². The lowest BCUT2D eigenvalue weighted by Gasteiger charge is -2.31. The molecule has 0 spiro atoms. The Morgan fingerprint density at radius 2 is 2.00 bits per heavy atom. The molecule has 1 aliphatic carbocycles. The minimum Gasteiger partial charge on any atom is -0.378 e. The van der Waals surface area contributed by atoms with Gasteiger partial charge in [0.25, 0.3) is 0 Å². The third-order valence-electron chi connectivity index (χ3n) is 8.10. The second-order valence-electron chi connectivity index (χ2n) is 10.7. The first-order chi connectivity index (χ1) is 17.5. The van der Waals surface area contributed by atoms with E-state index in [0.717, 1.165) is 66.4 Å². The standard InChI is InChI=1S/C28H35N5O3/c1-18-12-25(28(35-3)8-11-36-17-28)31-27(13-18)33-16-23(20-6-9-32(10-7-20)21-4-5-21)22-15-29-26(14-24(22)33)30-19(2)34/h12-16,20-21H,4-11,17H2,1-3H3,(H,29,30,34)/t28-/m0/s1. The molecule has 8 heteroatoms. The molecule has 3 fully saturated rings. The lowest BCUT2D eigenvalue weighted by molar-refractivity contribution is -0.114. The number of methoxy groups -OCH3 is 1. The third-order valence-corrected chi connectivity index (χ3v) is 8.10. The van der Waals surface area contributed by atoms with Crippen LogP contribution in [0.1, 0.15) is 61.8 Å². The van der Waals surface area contributed by atoms with Crippen molar-refractivity contribution in [2.24, 2.45) is 0 Å². The van der Waals surface area contributed by atoms with E-state index in [0.29, 0.717) is 24.9 Å². The van der Waals surface area contributed by atoms with Crippen molar-refractivity contribution in [3.63, 3.8) is 0 Å². The quantitative estimate of drug-likeness (QED) is 0.556. The Morgan fingerprint density at radius 1 is 1.19 bits per heavy atom. The van der Waals surface area contributed by atoms with Gasteiger partial charge in [0, 0.05) is 56.9 Å². The normalized spacial score (nSPS) is 23.4. The zero-order valence-electron chi connectivity index (χ0n) is 21.4. The molecule has 1 amide bonds. The molecule has 1 atom stereocenters. The van der Waals surface area contributed by atoms with E-state index in [-0.39, 0.29) is 5.91 Å². The Kier molecular flexibility index (Phi) is 6.06. The number of pyridine rings is 2. The molecule has 0 radical (unpaired) electrons. The van der Waals surface area contributed by atoms with Crippen LogP contribution in [0.2, 0.25) is 0 Å². The van der Waals surface area contributed by atoms with Crippen LogP contribution in [-0.4, -0.2) is 64.8 Å². The van der Waals surface area contributed by atoms with Crippen LogP contribution >= 0.6 is 0 Å². The summed E-state index contributed by atoms with van der Waals surface area (Å²) in [4.78, 5) is 24.1. The van der Waals surface area contributed by atoms with E-state index in [1.54, 1.807) is 7.11 Å². The van der Waals surface area contributed by atoms with Gasteiger partial charge in [-0.3, -0.25) is 4.79 Å². The lowest BCUT2D eigenvalue weighted by atomic mass is 9.89. The molecule has 3 aromatic heterocycles. The summed E-state index contributed by atoms with van der Waals surface area (Å²) in [6.07, 6.45) is 9.96. The van der Waals surface area contributed by atoms with Crippen molar-refractivity contribution in [1.82, 2.24) is 19.4 Å². The second kappa shape index (κ2) is 9.25. The van der Waals surface area contributed by atoms with E-state index in [1.807, 2.05) is 12.3 Å². The fraction of sp³-hybridized carbons (Fsp3) is 0.536. The first-order valence-electron chi connectivity index (χ1n) is 13.1. The van der Waals surface area contributed by atoms with Crippen molar-refractivity contribution in [2.75, 3.05) is 38.7 Å². The minimum absolute atomic E-state index is 0.133. The maximum Gasteiger partial charge on any atom is 0.222 e. The van der Waals surface area contributed by atoms with E-state index >= 15 is 0 Å². The molecule has 3 aliphatic rings. The molecule has 0 unspecified atom stereocenters. The van der Waals surface area contributed by atoms with Gasteiger partial charge in [0.1, 0.15) is 17.2 Å². The Hall–Kier alpha value is -2.81. The molecular formula is C28H35N5O3. The van der Waals surface area contributed by atoms with Crippen LogP contribution < -0.4 is 5.32 Å². The van der Waals surface area contributed by atoms with Crippen LogP contribution in [0.15, 0.2) is 30.6 Å². The first-order valence-corrected chi connectivity index (χ1v) is 13.1. The number of carbonyl (C=O) groups excluding carboxylic acids is 1. The molecule has 2 aliphatic heterocycles. The van der Waals surface area contributed by atoms with Crippen LogP contribution in [0.3, 0.4) is 0 Å². The number of carbonyl (C=O) groups is 1. The van der Waals surface area contributed by atoms with Crippen molar-refractivity contribution >= 4 is 22.6 Å². The first kappa shape index (κ1) is 23.6. The Balaban J connectivity index is 1.44. The van der Waals surface area contributed by atoms with E-state index in [4.69, 9.17) is 14.5 Å². The topological polar surface area (TPSA) is 81.5 Å². The van der Waals surface area contributed by atoms with Crippen molar-refractivity contribution in [3.05, 3.63) is 47.4 Å². The lowest BCUT2D eigenvalue weighted by Crippen LogP contribution is -2.34. The monoisotopic (exact) mass is 489 g/mol. The Bertz CT molecular complexity index is 1280. The predicted molar refractivity (Wildman–Crippen MR) is 139 cm³/mol. The Morgan fingerprint density at radius 3 is 2.67 bits per heavy atom. The van der Waals surface area contributed by atoms with Crippen LogP contribution in [-0.2, 0) is 19.9 Å². The average Bonchev–Trinajstić information content (AvgIpc) is 3.48. The molecule has 36 heavy (non-hydrogen) atoms. The zero-order valence-corrected chi connectivity index (χ0v) is 21.4. The number of ether oxygens (including phenoxy) is 2. The van der Waals surface area contributed by atoms with E-state index in [2.05, 4.69) is 45.0 Å². The fourth-order valence-corrected chi connectivity index (χ4v) is 5.94. The number of hydrogen-bond acceptors (Lipinski definition) is 6. The highest BCUT2D eigenvalue weighted by Gasteiger charge is 2.39. The predicted octanol–water partition coefficient (Wildman–Crippen LogP) is 4.29. The number of nitrogens with one attached hydrogen (secondary N) is 1. The molecule has 8 nitrogen and oxygen atoms in total. The summed E-state index contributed by atoms with van der Waals surface area (Å²) in [6.45, 7) is 7.09. The summed E-state index contributed by atoms with van der Waals surface area (Å²) in [5.41, 5.74) is 3.82. The molecule has 3 aromatic rings. The summed E-state index contributed by atoms with van der Waals surface area (Å²) < 4.78 is 13.8. The van der Waals surface area contributed by atoms with E-state index < -0.39 is 5.60 Å². The number of fused-ring (bicyclic) bond motifs is 1. The molecule has 0 bridgehead atoms. The van der Waals surface area contributed by atoms with E-state index in [9.17, 15) is 4.79 Å². The van der Waals surface area contributed by atoms with Gasteiger partial charge in [0.15, 0.2) is 0 Å². The van der Waals surface area contributed by atoms with Gasteiger partial charge in [0.05, 0.1) is 17.8 Å². The maximum absolute atomic E-state index is 11.8. The van der Waals surface area contributed by atoms with Gasteiger partial charge in [-0.25, -0.2) is 9.97 Å². The maximum atomic E-state index is 11.8. The van der Waals surface area contributed by atoms with Gasteiger partial charge >= 0.3 is 0 Å². The number of aryl methyl sites for hydroxylation is 1. The summed E-state index contributed by atoms with van der Waals surface area (Å²) >= 11 is 0. The SMILES string of the molecule is CO[C@@]1(c2cc(C)cc(-n3cc(C4CCN(C5CC5)CC4)c4cnc(NC(C)=O)cc43)n2)CCOC1. The van der Waals surface area contributed by atoms with Gasteiger partial charge < -0.3 is 24.3 Å². The van der Waals surface area contributed by atoms with Gasteiger partial charge in [-0.05, 0) is 74.9 Å². The average molecular weight is 490 g/mol. The number of nitrogens with zero attached hydrogens (tertiary/aromatic N) is 4. The van der Waals surface area contributed by atoms with Crippen LogP contribution in [0.4, 0.5) is 5.82 Å².